The van der Waals surface area contributed by atoms with Gasteiger partial charge in [0, 0.05) is 0 Å². The fourth-order valence-corrected chi connectivity index (χ4v) is 8.48. The Morgan fingerprint density at radius 3 is 1.24 bits per heavy atom. The highest BCUT2D eigenvalue weighted by atomic mass is 14.2. The van der Waals surface area contributed by atoms with Crippen molar-refractivity contribution in [3.05, 3.63) is 133 Å². The first-order valence-electron chi connectivity index (χ1n) is 14.8. The maximum Gasteiger partial charge on any atom is -0.00134 e. The Hall–Kier alpha value is -5.46. The van der Waals surface area contributed by atoms with Gasteiger partial charge in [-0.25, -0.2) is 0 Å². The van der Waals surface area contributed by atoms with Crippen molar-refractivity contribution in [3.8, 4) is 0 Å². The molecule has 0 aliphatic rings. The molecule has 0 amide bonds. The third kappa shape index (κ3) is 2.35. The summed E-state index contributed by atoms with van der Waals surface area (Å²) in [5.41, 5.74) is 0. The summed E-state index contributed by atoms with van der Waals surface area (Å²) in [6, 6.07) is 50.2. The molecule has 0 atom stereocenters. The molecule has 0 fully saturated rings. The van der Waals surface area contributed by atoms with E-state index in [-0.39, 0.29) is 0 Å². The maximum absolute atomic E-state index is 2.51. The molecule has 0 saturated heterocycles. The summed E-state index contributed by atoms with van der Waals surface area (Å²) in [5.74, 6) is 0. The third-order valence-electron chi connectivity index (χ3n) is 10.1. The topological polar surface area (TPSA) is 0 Å². The van der Waals surface area contributed by atoms with Crippen LogP contribution in [0, 0.1) is 0 Å². The van der Waals surface area contributed by atoms with Gasteiger partial charge in [-0.3, -0.25) is 0 Å². The summed E-state index contributed by atoms with van der Waals surface area (Å²) in [7, 11) is 0. The van der Waals surface area contributed by atoms with Crippen LogP contribution < -0.4 is 0 Å². The lowest BCUT2D eigenvalue weighted by molar-refractivity contribution is 1.81. The molecule has 0 unspecified atom stereocenters. The minimum absolute atomic E-state index is 1.30. The molecule has 0 N–H and O–H groups in total. The summed E-state index contributed by atoms with van der Waals surface area (Å²) in [6.07, 6.45) is 0. The Labute approximate surface area is 240 Å². The lowest BCUT2D eigenvalue weighted by atomic mass is 9.92. The van der Waals surface area contributed by atoms with Gasteiger partial charge in [0.2, 0.25) is 0 Å². The lowest BCUT2D eigenvalue weighted by Crippen LogP contribution is -1.82. The molecule has 0 heteroatoms. The zero-order chi connectivity index (χ0) is 27.1. The fourth-order valence-electron chi connectivity index (χ4n) is 8.48. The highest BCUT2D eigenvalue weighted by Gasteiger charge is 2.22. The van der Waals surface area contributed by atoms with Crippen LogP contribution in [0.1, 0.15) is 0 Å². The molecule has 0 radical (unpaired) electrons. The second-order valence-corrected chi connectivity index (χ2v) is 12.0. The monoisotopic (exact) mass is 526 g/mol. The summed E-state index contributed by atoms with van der Waals surface area (Å²) < 4.78 is 0. The predicted molar refractivity (Wildman–Crippen MR) is 184 cm³/mol. The highest BCUT2D eigenvalue weighted by Crippen LogP contribution is 2.50. The Morgan fingerprint density at radius 2 is 0.571 bits per heavy atom. The Balaban J connectivity index is 1.46. The van der Waals surface area contributed by atoms with Crippen molar-refractivity contribution in [1.82, 2.24) is 0 Å². The molecular formula is C42H22. The quantitative estimate of drug-likeness (QED) is 0.172. The molecule has 0 nitrogen and oxygen atoms in total. The van der Waals surface area contributed by atoms with Gasteiger partial charge in [0.1, 0.15) is 0 Å². The zero-order valence-electron chi connectivity index (χ0n) is 22.7. The molecule has 0 saturated carbocycles. The molecule has 190 valence electrons. The van der Waals surface area contributed by atoms with Crippen LogP contribution in [0.25, 0.3) is 108 Å². The van der Waals surface area contributed by atoms with Gasteiger partial charge in [-0.1, -0.05) is 121 Å². The Morgan fingerprint density at radius 1 is 0.190 bits per heavy atom. The number of hydrogen-bond donors (Lipinski definition) is 0. The van der Waals surface area contributed by atoms with Crippen LogP contribution in [0.3, 0.4) is 0 Å². The third-order valence-corrected chi connectivity index (χ3v) is 10.1. The second kappa shape index (κ2) is 7.24. The molecule has 0 aliphatic heterocycles. The molecule has 0 heterocycles. The smallest absolute Gasteiger partial charge is 0.00134 e. The van der Waals surface area contributed by atoms with Gasteiger partial charge >= 0.3 is 0 Å². The summed E-state index contributed by atoms with van der Waals surface area (Å²) >= 11 is 0. The van der Waals surface area contributed by atoms with Gasteiger partial charge in [-0.2, -0.15) is 0 Å². The van der Waals surface area contributed by atoms with Gasteiger partial charge in [-0.15, -0.1) is 0 Å². The van der Waals surface area contributed by atoms with Crippen molar-refractivity contribution in [3.63, 3.8) is 0 Å². The molecule has 11 aromatic rings. The molecule has 0 bridgehead atoms. The van der Waals surface area contributed by atoms with Crippen molar-refractivity contribution in [1.29, 1.82) is 0 Å². The van der Waals surface area contributed by atoms with Crippen molar-refractivity contribution < 1.29 is 0 Å². The average molecular weight is 527 g/mol. The molecule has 42 heavy (non-hydrogen) atoms. The molecule has 0 aliphatic carbocycles. The van der Waals surface area contributed by atoms with Gasteiger partial charge in [0.25, 0.3) is 0 Å². The van der Waals surface area contributed by atoms with E-state index in [1.54, 1.807) is 0 Å². The normalized spacial score (nSPS) is 12.8. The minimum atomic E-state index is 1.30. The SMILES string of the molecule is c1ccc2c(c1)ccc1c3cccc4c5cc6c7c(cccc7c7c8ccccc8c8ccccc8c67)c5cc(c21)c43. The molecule has 0 aromatic heterocycles. The van der Waals surface area contributed by atoms with E-state index in [4.69, 9.17) is 0 Å². The number of benzene rings is 9. The Bertz CT molecular complexity index is 2940. The second-order valence-electron chi connectivity index (χ2n) is 12.0. The first-order chi connectivity index (χ1) is 20.9. The van der Waals surface area contributed by atoms with Crippen molar-refractivity contribution in [2.24, 2.45) is 0 Å². The van der Waals surface area contributed by atoms with Crippen LogP contribution in [-0.2, 0) is 0 Å². The van der Waals surface area contributed by atoms with Crippen LogP contribution in [0.4, 0.5) is 0 Å². The maximum atomic E-state index is 2.51. The largest absolute Gasteiger partial charge is 0.0616 e. The minimum Gasteiger partial charge on any atom is -0.0616 e. The van der Waals surface area contributed by atoms with E-state index in [0.29, 0.717) is 0 Å². The summed E-state index contributed by atoms with van der Waals surface area (Å²) in [4.78, 5) is 0. The first-order valence-corrected chi connectivity index (χ1v) is 14.8. The van der Waals surface area contributed by atoms with Crippen LogP contribution >= 0.6 is 0 Å². The number of fused-ring (bicyclic) bond motifs is 16. The van der Waals surface area contributed by atoms with E-state index in [1.807, 2.05) is 0 Å². The van der Waals surface area contributed by atoms with E-state index in [0.717, 1.165) is 0 Å². The molecular weight excluding hydrogens is 504 g/mol. The van der Waals surface area contributed by atoms with Gasteiger partial charge in [0.05, 0.1) is 0 Å². The van der Waals surface area contributed by atoms with E-state index >= 15 is 0 Å². The van der Waals surface area contributed by atoms with Crippen molar-refractivity contribution in [2.75, 3.05) is 0 Å². The lowest BCUT2D eigenvalue weighted by Gasteiger charge is -2.10. The van der Waals surface area contributed by atoms with Crippen LogP contribution in [0.5, 0.6) is 0 Å². The Kier molecular flexibility index (Phi) is 3.67. The fraction of sp³-hybridized carbons (Fsp3) is 0. The number of rotatable bonds is 0. The molecule has 11 rings (SSSR count). The zero-order valence-corrected chi connectivity index (χ0v) is 22.7. The van der Waals surface area contributed by atoms with Crippen LogP contribution in [0.2, 0.25) is 0 Å². The van der Waals surface area contributed by atoms with E-state index < -0.39 is 0 Å². The van der Waals surface area contributed by atoms with E-state index in [2.05, 4.69) is 133 Å². The van der Waals surface area contributed by atoms with Gasteiger partial charge in [-0.05, 0) is 120 Å². The van der Waals surface area contributed by atoms with Crippen LogP contribution in [0.15, 0.2) is 133 Å². The van der Waals surface area contributed by atoms with E-state index in [9.17, 15) is 0 Å². The van der Waals surface area contributed by atoms with Gasteiger partial charge in [0.15, 0.2) is 0 Å². The van der Waals surface area contributed by atoms with Crippen molar-refractivity contribution in [2.45, 2.75) is 0 Å². The van der Waals surface area contributed by atoms with Crippen molar-refractivity contribution >= 4 is 108 Å². The van der Waals surface area contributed by atoms with Crippen LogP contribution in [-0.4, -0.2) is 0 Å². The average Bonchev–Trinajstić information content (AvgIpc) is 3.57. The van der Waals surface area contributed by atoms with Gasteiger partial charge < -0.3 is 0 Å². The first kappa shape index (κ1) is 21.3. The number of hydrogen-bond acceptors (Lipinski definition) is 0. The predicted octanol–water partition coefficient (Wildman–Crippen LogP) is 12.1. The van der Waals surface area contributed by atoms with E-state index in [1.165, 1.54) is 108 Å². The molecule has 0 spiro atoms. The summed E-state index contributed by atoms with van der Waals surface area (Å²) in [6.45, 7) is 0. The highest BCUT2D eigenvalue weighted by molar-refractivity contribution is 6.47. The standard InChI is InChI=1S/C42H22/c1-2-10-24-23(9-1)19-20-32-29-15-7-16-30-35-22-37-40-31(34(35)21-36(38(24)32)39(29)30)17-8-18-33(40)41-27-13-5-3-11-25(27)26-12-4-6-14-28(26)42(37)41/h1-22H. The molecule has 11 aromatic carbocycles. The summed E-state index contributed by atoms with van der Waals surface area (Å²) in [5, 5.41) is 27.1.